The van der Waals surface area contributed by atoms with Crippen LogP contribution in [0.3, 0.4) is 0 Å². The van der Waals surface area contributed by atoms with Crippen LogP contribution < -0.4 is 6.15 Å². The fraction of sp³-hybridized carbons (Fsp3) is 0.333. The van der Waals surface area contributed by atoms with Crippen molar-refractivity contribution in [3.63, 3.8) is 0 Å². The third-order valence-corrected chi connectivity index (χ3v) is 1.15. The zero-order chi connectivity index (χ0) is 8.48. The highest BCUT2D eigenvalue weighted by atomic mass is 19.4. The van der Waals surface area contributed by atoms with Crippen molar-refractivity contribution in [3.05, 3.63) is 23.8 Å². The molecule has 1 rings (SSSR count). The van der Waals surface area contributed by atoms with Gasteiger partial charge in [-0.25, -0.2) is 4.98 Å². The highest BCUT2D eigenvalue weighted by Crippen LogP contribution is 2.28. The van der Waals surface area contributed by atoms with Gasteiger partial charge in [0.25, 0.3) is 0 Å². The van der Waals surface area contributed by atoms with E-state index in [1.807, 2.05) is 0 Å². The van der Waals surface area contributed by atoms with E-state index in [9.17, 15) is 13.2 Å². The Hall–Kier alpha value is -1.17. The molecule has 0 amide bonds. The molecule has 1 heterocycles. The molecule has 6 heteroatoms. The predicted octanol–water partition coefficient (Wildman–Crippen LogP) is 1.97. The standard InChI is InChI=1S/C6H5F3N2.H3N/c1-4-5(6(7,8)9)11-3-2-10-4;/h2-3H,1H3;1H3. The average molecular weight is 179 g/mol. The van der Waals surface area contributed by atoms with E-state index < -0.39 is 11.9 Å². The van der Waals surface area contributed by atoms with Gasteiger partial charge in [0.15, 0.2) is 5.69 Å². The zero-order valence-electron chi connectivity index (χ0n) is 6.39. The molecule has 0 aliphatic heterocycles. The van der Waals surface area contributed by atoms with Crippen LogP contribution in [0, 0.1) is 6.92 Å². The monoisotopic (exact) mass is 179 g/mol. The molecular formula is C6H8F3N3. The minimum absolute atomic E-state index is 0. The SMILES string of the molecule is Cc1nccnc1C(F)(F)F.N. The summed E-state index contributed by atoms with van der Waals surface area (Å²) in [5, 5.41) is 0. The molecule has 0 aliphatic rings. The van der Waals surface area contributed by atoms with E-state index in [2.05, 4.69) is 9.97 Å². The average Bonchev–Trinajstić information content (AvgIpc) is 1.86. The summed E-state index contributed by atoms with van der Waals surface area (Å²) < 4.78 is 35.8. The van der Waals surface area contributed by atoms with Gasteiger partial charge in [0.1, 0.15) is 0 Å². The summed E-state index contributed by atoms with van der Waals surface area (Å²) in [6.45, 7) is 1.27. The van der Waals surface area contributed by atoms with Gasteiger partial charge < -0.3 is 6.15 Å². The Morgan fingerprint density at radius 3 is 2.00 bits per heavy atom. The van der Waals surface area contributed by atoms with Gasteiger partial charge in [-0.05, 0) is 6.92 Å². The van der Waals surface area contributed by atoms with Crippen LogP contribution in [0.1, 0.15) is 11.4 Å². The highest BCUT2D eigenvalue weighted by Gasteiger charge is 2.34. The van der Waals surface area contributed by atoms with Crippen LogP contribution in [0.4, 0.5) is 13.2 Å². The highest BCUT2D eigenvalue weighted by molar-refractivity contribution is 5.11. The maximum absolute atomic E-state index is 11.9. The first-order valence-electron chi connectivity index (χ1n) is 2.86. The van der Waals surface area contributed by atoms with Crippen molar-refractivity contribution >= 4 is 0 Å². The molecule has 0 bridgehead atoms. The summed E-state index contributed by atoms with van der Waals surface area (Å²) in [5.41, 5.74) is -1.01. The summed E-state index contributed by atoms with van der Waals surface area (Å²) in [4.78, 5) is 6.63. The Morgan fingerprint density at radius 2 is 1.67 bits per heavy atom. The molecule has 0 atom stereocenters. The van der Waals surface area contributed by atoms with Crippen LogP contribution in [-0.4, -0.2) is 9.97 Å². The van der Waals surface area contributed by atoms with Gasteiger partial charge in [-0.3, -0.25) is 4.98 Å². The molecule has 1 aromatic rings. The number of halogens is 3. The van der Waals surface area contributed by atoms with Crippen LogP contribution in [0.15, 0.2) is 12.4 Å². The second kappa shape index (κ2) is 3.48. The molecular weight excluding hydrogens is 171 g/mol. The molecule has 0 saturated heterocycles. The Balaban J connectivity index is 0.00000121. The van der Waals surface area contributed by atoms with Crippen LogP contribution >= 0.6 is 0 Å². The van der Waals surface area contributed by atoms with E-state index in [0.717, 1.165) is 6.20 Å². The molecule has 0 fully saturated rings. The minimum Gasteiger partial charge on any atom is -0.344 e. The fourth-order valence-corrected chi connectivity index (χ4v) is 0.686. The van der Waals surface area contributed by atoms with Gasteiger partial charge in [-0.2, -0.15) is 13.2 Å². The summed E-state index contributed by atoms with van der Waals surface area (Å²) in [6.07, 6.45) is -2.14. The second-order valence-corrected chi connectivity index (χ2v) is 1.99. The summed E-state index contributed by atoms with van der Waals surface area (Å²) in [7, 11) is 0. The van der Waals surface area contributed by atoms with Crippen LogP contribution in [-0.2, 0) is 6.18 Å². The van der Waals surface area contributed by atoms with Crippen LogP contribution in [0.25, 0.3) is 0 Å². The Morgan fingerprint density at radius 1 is 1.17 bits per heavy atom. The molecule has 68 valence electrons. The number of rotatable bonds is 0. The van der Waals surface area contributed by atoms with Gasteiger partial charge in [0, 0.05) is 12.4 Å². The number of aromatic nitrogens is 2. The maximum Gasteiger partial charge on any atom is 0.435 e. The molecule has 3 N–H and O–H groups in total. The molecule has 3 nitrogen and oxygen atoms in total. The zero-order valence-corrected chi connectivity index (χ0v) is 6.39. The van der Waals surface area contributed by atoms with E-state index in [4.69, 9.17) is 0 Å². The van der Waals surface area contributed by atoms with Crippen molar-refractivity contribution in [2.75, 3.05) is 0 Å². The number of aryl methyl sites for hydroxylation is 1. The topological polar surface area (TPSA) is 60.8 Å². The third-order valence-electron chi connectivity index (χ3n) is 1.15. The van der Waals surface area contributed by atoms with Gasteiger partial charge in [-0.1, -0.05) is 0 Å². The Kier molecular flexibility index (Phi) is 3.15. The molecule has 0 unspecified atom stereocenters. The van der Waals surface area contributed by atoms with Crippen molar-refractivity contribution in [1.29, 1.82) is 0 Å². The first kappa shape index (κ1) is 10.8. The normalized spacial score (nSPS) is 10.7. The predicted molar refractivity (Wildman–Crippen MR) is 36.8 cm³/mol. The van der Waals surface area contributed by atoms with E-state index >= 15 is 0 Å². The van der Waals surface area contributed by atoms with Crippen molar-refractivity contribution in [2.24, 2.45) is 0 Å². The number of alkyl halides is 3. The van der Waals surface area contributed by atoms with Gasteiger partial charge >= 0.3 is 6.18 Å². The van der Waals surface area contributed by atoms with E-state index in [1.165, 1.54) is 13.1 Å². The molecule has 0 aliphatic carbocycles. The Bertz CT molecular complexity index is 258. The molecule has 0 saturated carbocycles. The molecule has 12 heavy (non-hydrogen) atoms. The number of nitrogens with zero attached hydrogens (tertiary/aromatic N) is 2. The van der Waals surface area contributed by atoms with Crippen molar-refractivity contribution in [2.45, 2.75) is 13.1 Å². The summed E-state index contributed by atoms with van der Waals surface area (Å²) >= 11 is 0. The number of hydrogen-bond donors (Lipinski definition) is 1. The van der Waals surface area contributed by atoms with E-state index in [0.29, 0.717) is 0 Å². The van der Waals surface area contributed by atoms with E-state index in [-0.39, 0.29) is 11.8 Å². The summed E-state index contributed by atoms with van der Waals surface area (Å²) in [6, 6.07) is 0. The lowest BCUT2D eigenvalue weighted by atomic mass is 10.3. The second-order valence-electron chi connectivity index (χ2n) is 1.99. The van der Waals surface area contributed by atoms with Crippen LogP contribution in [0.5, 0.6) is 0 Å². The number of hydrogen-bond acceptors (Lipinski definition) is 3. The van der Waals surface area contributed by atoms with Crippen LogP contribution in [0.2, 0.25) is 0 Å². The smallest absolute Gasteiger partial charge is 0.344 e. The lowest BCUT2D eigenvalue weighted by Gasteiger charge is -2.05. The molecule has 0 aromatic carbocycles. The minimum atomic E-state index is -4.39. The quantitative estimate of drug-likeness (QED) is 0.662. The van der Waals surface area contributed by atoms with Crippen molar-refractivity contribution in [3.8, 4) is 0 Å². The summed E-state index contributed by atoms with van der Waals surface area (Å²) in [5.74, 6) is 0. The van der Waals surface area contributed by atoms with Crippen molar-refractivity contribution in [1.82, 2.24) is 16.1 Å². The lowest BCUT2D eigenvalue weighted by Crippen LogP contribution is -2.10. The largest absolute Gasteiger partial charge is 0.435 e. The lowest BCUT2D eigenvalue weighted by molar-refractivity contribution is -0.141. The Labute approximate surface area is 67.2 Å². The molecule has 0 spiro atoms. The van der Waals surface area contributed by atoms with Gasteiger partial charge in [-0.15, -0.1) is 0 Å². The first-order valence-corrected chi connectivity index (χ1v) is 2.86. The van der Waals surface area contributed by atoms with E-state index in [1.54, 1.807) is 0 Å². The maximum atomic E-state index is 11.9. The van der Waals surface area contributed by atoms with Gasteiger partial charge in [0.2, 0.25) is 0 Å². The first-order chi connectivity index (χ1) is 5.02. The van der Waals surface area contributed by atoms with Gasteiger partial charge in [0.05, 0.1) is 5.69 Å². The third kappa shape index (κ3) is 2.16. The molecule has 1 aromatic heterocycles. The van der Waals surface area contributed by atoms with Crippen molar-refractivity contribution < 1.29 is 13.2 Å². The fourth-order valence-electron chi connectivity index (χ4n) is 0.686. The molecule has 0 radical (unpaired) electrons.